The first kappa shape index (κ1) is 30.5. The van der Waals surface area contributed by atoms with Gasteiger partial charge in [0.2, 0.25) is 5.95 Å². The Labute approximate surface area is 254 Å². The molecule has 0 bridgehead atoms. The Kier molecular flexibility index (Phi) is 10.1. The molecular formula is C28H29IN8O5. The Balaban J connectivity index is 1.27. The van der Waals surface area contributed by atoms with Gasteiger partial charge in [0.15, 0.2) is 17.0 Å². The fourth-order valence-corrected chi connectivity index (χ4v) is 4.69. The van der Waals surface area contributed by atoms with Crippen LogP contribution >= 0.6 is 22.6 Å². The number of carboxylic acids is 1. The third kappa shape index (κ3) is 7.85. The Bertz CT molecular complexity index is 1620. The van der Waals surface area contributed by atoms with E-state index in [1.807, 2.05) is 0 Å². The number of aliphatic hydroxyl groups is 1. The number of hydrogen-bond acceptors (Lipinski definition) is 10. The highest BCUT2D eigenvalue weighted by atomic mass is 127. The van der Waals surface area contributed by atoms with Crippen molar-refractivity contribution in [3.05, 3.63) is 80.2 Å². The van der Waals surface area contributed by atoms with Crippen LogP contribution < -0.4 is 22.1 Å². The predicted molar refractivity (Wildman–Crippen MR) is 163 cm³/mol. The number of benzene rings is 2. The van der Waals surface area contributed by atoms with Crippen LogP contribution in [0.5, 0.6) is 0 Å². The van der Waals surface area contributed by atoms with Gasteiger partial charge < -0.3 is 32.3 Å². The molecule has 0 aliphatic carbocycles. The number of aromatic nitrogens is 4. The van der Waals surface area contributed by atoms with E-state index < -0.39 is 17.9 Å². The van der Waals surface area contributed by atoms with Gasteiger partial charge in [0, 0.05) is 21.2 Å². The minimum Gasteiger partial charge on any atom is -0.480 e. The zero-order chi connectivity index (χ0) is 30.2. The number of halogens is 1. The van der Waals surface area contributed by atoms with Gasteiger partial charge >= 0.3 is 5.97 Å². The number of rotatable bonds is 12. The van der Waals surface area contributed by atoms with Gasteiger partial charge in [-0.3, -0.25) is 9.59 Å². The molecule has 0 aliphatic rings. The first-order valence-corrected chi connectivity index (χ1v) is 14.1. The number of nitrogen functional groups attached to an aromatic ring is 2. The molecule has 14 heteroatoms. The number of carboxylic acid groups (broad SMARTS) is 1. The van der Waals surface area contributed by atoms with Gasteiger partial charge in [0.05, 0.1) is 18.5 Å². The summed E-state index contributed by atoms with van der Waals surface area (Å²) in [6.45, 7) is -0.0622. The second kappa shape index (κ2) is 14.0. The first-order valence-electron chi connectivity index (χ1n) is 13.0. The zero-order valence-corrected chi connectivity index (χ0v) is 24.5. The number of nitrogens with one attached hydrogen (secondary N) is 2. The lowest BCUT2D eigenvalue weighted by Gasteiger charge is -2.15. The highest BCUT2D eigenvalue weighted by molar-refractivity contribution is 14.1. The predicted octanol–water partition coefficient (Wildman–Crippen LogP) is 1.86. The van der Waals surface area contributed by atoms with Gasteiger partial charge in [-0.2, -0.15) is 9.97 Å². The molecule has 2 amide bonds. The molecule has 13 nitrogen and oxygen atoms in total. The first-order chi connectivity index (χ1) is 20.1. The number of anilines is 2. The van der Waals surface area contributed by atoms with Crippen LogP contribution in [0.15, 0.2) is 48.7 Å². The summed E-state index contributed by atoms with van der Waals surface area (Å²) in [5.74, 6) is -1.85. The Morgan fingerprint density at radius 1 is 0.976 bits per heavy atom. The summed E-state index contributed by atoms with van der Waals surface area (Å²) in [6, 6.07) is 10.9. The molecule has 1 atom stereocenters. The van der Waals surface area contributed by atoms with Crippen molar-refractivity contribution in [3.8, 4) is 0 Å². The summed E-state index contributed by atoms with van der Waals surface area (Å²) in [5.41, 5.74) is 15.0. The molecule has 0 aliphatic heterocycles. The van der Waals surface area contributed by atoms with Crippen LogP contribution in [0.4, 0.5) is 11.8 Å². The number of aliphatic hydroxyl groups excluding tert-OH is 1. The lowest BCUT2D eigenvalue weighted by molar-refractivity contribution is -0.139. The number of aliphatic carboxylic acids is 1. The van der Waals surface area contributed by atoms with E-state index >= 15 is 0 Å². The van der Waals surface area contributed by atoms with Crippen LogP contribution in [-0.4, -0.2) is 60.5 Å². The summed E-state index contributed by atoms with van der Waals surface area (Å²) in [6.07, 6.45) is 3.21. The minimum absolute atomic E-state index is 0.0287. The summed E-state index contributed by atoms with van der Waals surface area (Å²) in [4.78, 5) is 53.7. The maximum Gasteiger partial charge on any atom is 0.326 e. The van der Waals surface area contributed by atoms with Crippen molar-refractivity contribution < 1.29 is 24.6 Å². The second-order valence-corrected chi connectivity index (χ2v) is 10.7. The summed E-state index contributed by atoms with van der Waals surface area (Å²) in [5, 5.41) is 24.4. The van der Waals surface area contributed by atoms with E-state index in [0.29, 0.717) is 52.8 Å². The van der Waals surface area contributed by atoms with Crippen LogP contribution in [0.25, 0.3) is 11.2 Å². The lowest BCUT2D eigenvalue weighted by Crippen LogP contribution is -2.41. The molecule has 0 fully saturated rings. The molecule has 8 N–H and O–H groups in total. The van der Waals surface area contributed by atoms with Gasteiger partial charge in [-0.25, -0.2) is 14.8 Å². The Morgan fingerprint density at radius 2 is 1.74 bits per heavy atom. The Morgan fingerprint density at radius 3 is 2.45 bits per heavy atom. The van der Waals surface area contributed by atoms with Crippen molar-refractivity contribution in [2.45, 2.75) is 38.3 Å². The number of aryl methyl sites for hydroxylation is 2. The smallest absolute Gasteiger partial charge is 0.326 e. The fourth-order valence-electron chi connectivity index (χ4n) is 4.20. The third-order valence-corrected chi connectivity index (χ3v) is 7.10. The van der Waals surface area contributed by atoms with E-state index in [1.54, 1.807) is 48.7 Å². The van der Waals surface area contributed by atoms with Gasteiger partial charge in [-0.05, 0) is 83.7 Å². The molecule has 0 unspecified atom stereocenters. The van der Waals surface area contributed by atoms with Crippen LogP contribution in [0.2, 0.25) is 0 Å². The van der Waals surface area contributed by atoms with Gasteiger partial charge in [-0.1, -0.05) is 18.2 Å². The number of carbonyl (C=O) groups is 3. The van der Waals surface area contributed by atoms with Crippen molar-refractivity contribution >= 4 is 63.3 Å². The molecule has 42 heavy (non-hydrogen) atoms. The fraction of sp³-hybridized carbons (Fsp3) is 0.250. The molecule has 218 valence electrons. The SMILES string of the molecule is Nc1nc(N)c2nc(CCc3ccc(C(=O)N[C@@H](CCCNC(=O)c4cc(I)ccc4CO)C(=O)O)cc3)cnc2n1. The number of hydrogen-bond donors (Lipinski definition) is 6. The molecule has 2 aromatic carbocycles. The number of nitrogens with zero attached hydrogens (tertiary/aromatic N) is 4. The van der Waals surface area contributed by atoms with Crippen LogP contribution in [0.3, 0.4) is 0 Å². The number of amides is 2. The quantitative estimate of drug-likeness (QED) is 0.0935. The monoisotopic (exact) mass is 684 g/mol. The third-order valence-electron chi connectivity index (χ3n) is 6.43. The molecule has 0 spiro atoms. The van der Waals surface area contributed by atoms with Crippen molar-refractivity contribution in [1.29, 1.82) is 0 Å². The highest BCUT2D eigenvalue weighted by Gasteiger charge is 2.21. The van der Waals surface area contributed by atoms with Crippen LogP contribution in [0.1, 0.15) is 50.4 Å². The number of nitrogens with two attached hydrogens (primary N) is 2. The van der Waals surface area contributed by atoms with Gasteiger partial charge in [0.25, 0.3) is 11.8 Å². The standard InChI is InChI=1S/C28H29IN8O5/c29-18-9-8-17(14-38)20(12-18)26(40)32-11-1-2-21(27(41)42)35-25(39)16-6-3-15(4-7-16)5-10-19-13-33-24-22(34-19)23(30)36-28(31)37-24/h3-4,6-9,12-13,21,38H,1-2,5,10-11,14H2,(H,32,40)(H,35,39)(H,41,42)(H4,30,31,33,36,37)/t21-/m0/s1. The average Bonchev–Trinajstić information content (AvgIpc) is 2.97. The topological polar surface area (TPSA) is 219 Å². The van der Waals surface area contributed by atoms with Gasteiger partial charge in [0.1, 0.15) is 6.04 Å². The maximum atomic E-state index is 12.7. The van der Waals surface area contributed by atoms with Crippen molar-refractivity contribution in [1.82, 2.24) is 30.6 Å². The molecule has 2 heterocycles. The molecule has 4 rings (SSSR count). The maximum absolute atomic E-state index is 12.7. The Hall–Kier alpha value is -4.44. The van der Waals surface area contributed by atoms with E-state index in [-0.39, 0.29) is 37.2 Å². The van der Waals surface area contributed by atoms with Crippen molar-refractivity contribution in [2.75, 3.05) is 18.0 Å². The van der Waals surface area contributed by atoms with E-state index in [2.05, 4.69) is 53.2 Å². The van der Waals surface area contributed by atoms with E-state index in [9.17, 15) is 24.6 Å². The van der Waals surface area contributed by atoms with Crippen LogP contribution in [-0.2, 0) is 24.2 Å². The van der Waals surface area contributed by atoms with Crippen molar-refractivity contribution in [3.63, 3.8) is 0 Å². The summed E-state index contributed by atoms with van der Waals surface area (Å²) >= 11 is 2.08. The molecule has 0 saturated heterocycles. The van der Waals surface area contributed by atoms with E-state index in [0.717, 1.165) is 9.13 Å². The molecule has 2 aromatic heterocycles. The second-order valence-electron chi connectivity index (χ2n) is 9.42. The average molecular weight is 684 g/mol. The highest BCUT2D eigenvalue weighted by Crippen LogP contribution is 2.17. The molecule has 4 aromatic rings. The molecule has 0 radical (unpaired) electrons. The molecule has 0 saturated carbocycles. The summed E-state index contributed by atoms with van der Waals surface area (Å²) in [7, 11) is 0. The van der Waals surface area contributed by atoms with E-state index in [1.165, 1.54) is 0 Å². The lowest BCUT2D eigenvalue weighted by atomic mass is 10.0. The van der Waals surface area contributed by atoms with Crippen molar-refractivity contribution in [2.24, 2.45) is 0 Å². The number of carbonyl (C=O) groups excluding carboxylic acids is 2. The van der Waals surface area contributed by atoms with Gasteiger partial charge in [-0.15, -0.1) is 0 Å². The molecular weight excluding hydrogens is 655 g/mol. The largest absolute Gasteiger partial charge is 0.480 e. The summed E-state index contributed by atoms with van der Waals surface area (Å²) < 4.78 is 0.850. The van der Waals surface area contributed by atoms with Crippen LogP contribution in [0, 0.1) is 3.57 Å². The zero-order valence-electron chi connectivity index (χ0n) is 22.4. The normalized spacial score (nSPS) is 11.7. The van der Waals surface area contributed by atoms with E-state index in [4.69, 9.17) is 11.5 Å². The number of fused-ring (bicyclic) bond motifs is 1. The minimum atomic E-state index is -1.17.